The van der Waals surface area contributed by atoms with E-state index in [2.05, 4.69) is 63.3 Å². The van der Waals surface area contributed by atoms with Gasteiger partial charge in [0.05, 0.1) is 6.61 Å². The van der Waals surface area contributed by atoms with Crippen LogP contribution in [-0.2, 0) is 24.2 Å². The van der Waals surface area contributed by atoms with Crippen LogP contribution in [0.25, 0.3) is 0 Å². The molecule has 2 aliphatic heterocycles. The first kappa shape index (κ1) is 24.8. The van der Waals surface area contributed by atoms with Crippen molar-refractivity contribution in [2.24, 2.45) is 5.92 Å². The van der Waals surface area contributed by atoms with E-state index >= 15 is 0 Å². The minimum atomic E-state index is 0.325. The van der Waals surface area contributed by atoms with Gasteiger partial charge in [-0.05, 0) is 73.2 Å². The number of ether oxygens (including phenoxy) is 3. The minimum absolute atomic E-state index is 0.325. The van der Waals surface area contributed by atoms with E-state index in [1.54, 1.807) is 7.11 Å². The van der Waals surface area contributed by atoms with Gasteiger partial charge in [0, 0.05) is 45.2 Å². The van der Waals surface area contributed by atoms with Crippen molar-refractivity contribution in [3.05, 3.63) is 89.7 Å². The number of likely N-dealkylation sites (tertiary alicyclic amines) is 1. The Morgan fingerprint density at radius 1 is 0.972 bits per heavy atom. The lowest BCUT2D eigenvalue weighted by atomic mass is 9.84. The average Bonchev–Trinajstić information content (AvgIpc) is 3.40. The van der Waals surface area contributed by atoms with E-state index in [-0.39, 0.29) is 0 Å². The van der Waals surface area contributed by atoms with Gasteiger partial charge in [-0.15, -0.1) is 0 Å². The smallest absolute Gasteiger partial charge is 0.231 e. The van der Waals surface area contributed by atoms with Gasteiger partial charge >= 0.3 is 0 Å². The molecule has 0 spiro atoms. The summed E-state index contributed by atoms with van der Waals surface area (Å²) in [4.78, 5) is 9.57. The van der Waals surface area contributed by atoms with Gasteiger partial charge in [0.15, 0.2) is 11.5 Å². The van der Waals surface area contributed by atoms with Gasteiger partial charge in [-0.3, -0.25) is 14.8 Å². The lowest BCUT2D eigenvalue weighted by Gasteiger charge is -2.41. The second-order valence-electron chi connectivity index (χ2n) is 9.88. The Labute approximate surface area is 214 Å². The Morgan fingerprint density at radius 2 is 1.78 bits per heavy atom. The van der Waals surface area contributed by atoms with Gasteiger partial charge in [0.2, 0.25) is 6.79 Å². The summed E-state index contributed by atoms with van der Waals surface area (Å²) < 4.78 is 16.6. The standard InChI is InChI=1S/C30H37N3O3/c1-34-17-16-33(22-26-8-5-13-31-20-26)28(18-24-6-3-2-4-7-24)27-11-14-32(15-12-27)21-25-9-10-29-30(19-25)36-23-35-29/h2-10,13,19-20,27-28H,11-12,14-18,21-23H2,1H3/t28-/m1/s1. The summed E-state index contributed by atoms with van der Waals surface area (Å²) in [6.45, 7) is 6.03. The van der Waals surface area contributed by atoms with Crippen LogP contribution >= 0.6 is 0 Å². The second kappa shape index (κ2) is 12.3. The van der Waals surface area contributed by atoms with Crippen LogP contribution < -0.4 is 9.47 Å². The van der Waals surface area contributed by atoms with E-state index in [1.165, 1.54) is 29.5 Å². The number of hydrogen-bond donors (Lipinski definition) is 0. The van der Waals surface area contributed by atoms with Gasteiger partial charge in [-0.25, -0.2) is 0 Å². The molecule has 1 saturated heterocycles. The Kier molecular flexibility index (Phi) is 8.49. The number of nitrogens with zero attached hydrogens (tertiary/aromatic N) is 3. The van der Waals surface area contributed by atoms with E-state index in [4.69, 9.17) is 14.2 Å². The molecule has 6 nitrogen and oxygen atoms in total. The normalized spacial score (nSPS) is 16.9. The molecule has 3 aromatic rings. The van der Waals surface area contributed by atoms with Crippen LogP contribution in [-0.4, -0.2) is 61.0 Å². The highest BCUT2D eigenvalue weighted by atomic mass is 16.7. The summed E-state index contributed by atoms with van der Waals surface area (Å²) in [6, 6.07) is 21.9. The molecule has 36 heavy (non-hydrogen) atoms. The number of piperidine rings is 1. The Morgan fingerprint density at radius 3 is 2.56 bits per heavy atom. The third-order valence-electron chi connectivity index (χ3n) is 7.47. The van der Waals surface area contributed by atoms with E-state index in [0.717, 1.165) is 57.3 Å². The van der Waals surface area contributed by atoms with Crippen molar-refractivity contribution in [1.29, 1.82) is 0 Å². The second-order valence-corrected chi connectivity index (χ2v) is 9.88. The number of aromatic nitrogens is 1. The predicted molar refractivity (Wildman–Crippen MR) is 141 cm³/mol. The molecule has 0 bridgehead atoms. The van der Waals surface area contributed by atoms with E-state index in [9.17, 15) is 0 Å². The highest BCUT2D eigenvalue weighted by molar-refractivity contribution is 5.44. The Bertz CT molecular complexity index is 1070. The molecule has 0 unspecified atom stereocenters. The topological polar surface area (TPSA) is 47.1 Å². The molecule has 190 valence electrons. The van der Waals surface area contributed by atoms with Crippen LogP contribution in [0.1, 0.15) is 29.5 Å². The summed E-state index contributed by atoms with van der Waals surface area (Å²) in [6.07, 6.45) is 7.28. The third-order valence-corrected chi connectivity index (χ3v) is 7.47. The van der Waals surface area contributed by atoms with Crippen molar-refractivity contribution in [3.63, 3.8) is 0 Å². The quantitative estimate of drug-likeness (QED) is 0.388. The average molecular weight is 488 g/mol. The highest BCUT2D eigenvalue weighted by Crippen LogP contribution is 2.34. The molecule has 0 amide bonds. The molecular weight excluding hydrogens is 450 g/mol. The molecule has 2 aliphatic rings. The monoisotopic (exact) mass is 487 g/mol. The molecule has 6 heteroatoms. The van der Waals surface area contributed by atoms with E-state index in [0.29, 0.717) is 18.8 Å². The SMILES string of the molecule is COCCN(Cc1cccnc1)[C@H](Cc1ccccc1)C1CCN(Cc2ccc3c(c2)OCO3)CC1. The van der Waals surface area contributed by atoms with Crippen molar-refractivity contribution in [2.75, 3.05) is 40.1 Å². The number of fused-ring (bicyclic) bond motifs is 1. The van der Waals surface area contributed by atoms with Crippen LogP contribution in [0.15, 0.2) is 73.1 Å². The maximum Gasteiger partial charge on any atom is 0.231 e. The number of rotatable bonds is 11. The van der Waals surface area contributed by atoms with E-state index < -0.39 is 0 Å². The molecule has 2 aromatic carbocycles. The van der Waals surface area contributed by atoms with Crippen molar-refractivity contribution >= 4 is 0 Å². The van der Waals surface area contributed by atoms with Crippen molar-refractivity contribution in [2.45, 2.75) is 38.4 Å². The van der Waals surface area contributed by atoms with Crippen LogP contribution in [0.3, 0.4) is 0 Å². The van der Waals surface area contributed by atoms with Gasteiger partial charge in [-0.1, -0.05) is 42.5 Å². The first-order valence-corrected chi connectivity index (χ1v) is 13.0. The van der Waals surface area contributed by atoms with Gasteiger partial charge < -0.3 is 14.2 Å². The lowest BCUT2D eigenvalue weighted by molar-refractivity contribution is 0.0571. The largest absolute Gasteiger partial charge is 0.454 e. The maximum atomic E-state index is 5.58. The highest BCUT2D eigenvalue weighted by Gasteiger charge is 2.31. The van der Waals surface area contributed by atoms with Crippen molar-refractivity contribution in [1.82, 2.24) is 14.8 Å². The molecule has 0 N–H and O–H groups in total. The minimum Gasteiger partial charge on any atom is -0.454 e. The zero-order chi connectivity index (χ0) is 24.6. The van der Waals surface area contributed by atoms with Gasteiger partial charge in [0.25, 0.3) is 0 Å². The van der Waals surface area contributed by atoms with Crippen LogP contribution in [0.4, 0.5) is 0 Å². The zero-order valence-electron chi connectivity index (χ0n) is 21.2. The maximum absolute atomic E-state index is 5.58. The molecule has 0 saturated carbocycles. The summed E-state index contributed by atoms with van der Waals surface area (Å²) in [5.74, 6) is 2.35. The fraction of sp³-hybridized carbons (Fsp3) is 0.433. The fourth-order valence-electron chi connectivity index (χ4n) is 5.54. The summed E-state index contributed by atoms with van der Waals surface area (Å²) in [5, 5.41) is 0. The van der Waals surface area contributed by atoms with Gasteiger partial charge in [0.1, 0.15) is 0 Å². The van der Waals surface area contributed by atoms with Crippen LogP contribution in [0, 0.1) is 5.92 Å². The molecule has 1 aromatic heterocycles. The number of pyridine rings is 1. The molecule has 1 atom stereocenters. The van der Waals surface area contributed by atoms with Crippen molar-refractivity contribution in [3.8, 4) is 11.5 Å². The fourth-order valence-corrected chi connectivity index (χ4v) is 5.54. The van der Waals surface area contributed by atoms with Crippen LogP contribution in [0.2, 0.25) is 0 Å². The summed E-state index contributed by atoms with van der Waals surface area (Å²) >= 11 is 0. The molecule has 5 rings (SSSR count). The van der Waals surface area contributed by atoms with E-state index in [1.807, 2.05) is 24.5 Å². The van der Waals surface area contributed by atoms with Gasteiger partial charge in [-0.2, -0.15) is 0 Å². The predicted octanol–water partition coefficient (Wildman–Crippen LogP) is 4.78. The summed E-state index contributed by atoms with van der Waals surface area (Å²) in [5.41, 5.74) is 3.95. The van der Waals surface area contributed by atoms with Crippen LogP contribution in [0.5, 0.6) is 11.5 Å². The zero-order valence-corrected chi connectivity index (χ0v) is 21.2. The molecule has 1 fully saturated rings. The molecule has 0 radical (unpaired) electrons. The molecule has 0 aliphatic carbocycles. The third kappa shape index (κ3) is 6.44. The first-order chi connectivity index (χ1) is 17.8. The first-order valence-electron chi connectivity index (χ1n) is 13.0. The molecule has 3 heterocycles. The van der Waals surface area contributed by atoms with Crippen molar-refractivity contribution < 1.29 is 14.2 Å². The number of hydrogen-bond acceptors (Lipinski definition) is 6. The molecular formula is C30H37N3O3. The number of methoxy groups -OCH3 is 1. The Hall–Kier alpha value is -2.93. The lowest BCUT2D eigenvalue weighted by Crippen LogP contribution is -2.47. The summed E-state index contributed by atoms with van der Waals surface area (Å²) in [7, 11) is 1.79. The Balaban J connectivity index is 1.28. The number of benzene rings is 2.